The van der Waals surface area contributed by atoms with Gasteiger partial charge in [-0.25, -0.2) is 9.18 Å². The number of rotatable bonds is 7. The molecule has 1 unspecified atom stereocenters. The van der Waals surface area contributed by atoms with E-state index in [0.29, 0.717) is 19.1 Å². The van der Waals surface area contributed by atoms with Gasteiger partial charge in [-0.3, -0.25) is 4.90 Å². The summed E-state index contributed by atoms with van der Waals surface area (Å²) < 4.78 is 13.8. The molecular formula is C18H29FN4O. The summed E-state index contributed by atoms with van der Waals surface area (Å²) in [5, 5.41) is 2.72. The summed E-state index contributed by atoms with van der Waals surface area (Å²) >= 11 is 0. The van der Waals surface area contributed by atoms with Crippen LogP contribution >= 0.6 is 0 Å². The highest BCUT2D eigenvalue weighted by Crippen LogP contribution is 2.19. The summed E-state index contributed by atoms with van der Waals surface area (Å²) in [7, 11) is 3.97. The first-order chi connectivity index (χ1) is 11.5. The lowest BCUT2D eigenvalue weighted by molar-refractivity contribution is 0.172. The maximum Gasteiger partial charge on any atom is 0.322 e. The third kappa shape index (κ3) is 5.18. The van der Waals surface area contributed by atoms with E-state index in [0.717, 1.165) is 26.1 Å². The molecule has 1 N–H and O–H groups in total. The monoisotopic (exact) mass is 336 g/mol. The molecule has 134 valence electrons. The SMILES string of the molecule is CCN1CCCC1CN(CCN(C)C)C(=O)Nc1ccccc1F. The zero-order chi connectivity index (χ0) is 17.5. The topological polar surface area (TPSA) is 38.8 Å². The highest BCUT2D eigenvalue weighted by atomic mass is 19.1. The summed E-state index contributed by atoms with van der Waals surface area (Å²) in [6.07, 6.45) is 2.29. The molecule has 0 spiro atoms. The predicted molar refractivity (Wildman–Crippen MR) is 95.8 cm³/mol. The van der Waals surface area contributed by atoms with E-state index >= 15 is 0 Å². The number of nitrogens with one attached hydrogen (secondary N) is 1. The van der Waals surface area contributed by atoms with Crippen LogP contribution in [0.4, 0.5) is 14.9 Å². The Hall–Kier alpha value is -1.66. The van der Waals surface area contributed by atoms with E-state index in [9.17, 15) is 9.18 Å². The number of urea groups is 1. The third-order valence-electron chi connectivity index (χ3n) is 4.56. The minimum atomic E-state index is -0.408. The van der Waals surface area contributed by atoms with Crippen LogP contribution in [0.3, 0.4) is 0 Å². The van der Waals surface area contributed by atoms with Crippen molar-refractivity contribution >= 4 is 11.7 Å². The number of nitrogens with zero attached hydrogens (tertiary/aromatic N) is 3. The molecule has 0 aliphatic carbocycles. The van der Waals surface area contributed by atoms with Gasteiger partial charge < -0.3 is 15.1 Å². The second-order valence-corrected chi connectivity index (χ2v) is 6.58. The predicted octanol–water partition coefficient (Wildman–Crippen LogP) is 2.71. The zero-order valence-corrected chi connectivity index (χ0v) is 15.0. The number of likely N-dealkylation sites (tertiary alicyclic amines) is 1. The van der Waals surface area contributed by atoms with Gasteiger partial charge in [0.1, 0.15) is 5.82 Å². The second kappa shape index (κ2) is 8.99. The van der Waals surface area contributed by atoms with Gasteiger partial charge in [0.15, 0.2) is 0 Å². The number of halogens is 1. The first kappa shape index (κ1) is 18.7. The molecular weight excluding hydrogens is 307 g/mol. The quantitative estimate of drug-likeness (QED) is 0.832. The molecule has 5 nitrogen and oxygen atoms in total. The summed E-state index contributed by atoms with van der Waals surface area (Å²) in [4.78, 5) is 18.9. The van der Waals surface area contributed by atoms with Gasteiger partial charge in [-0.1, -0.05) is 19.1 Å². The number of hydrogen-bond acceptors (Lipinski definition) is 3. The second-order valence-electron chi connectivity index (χ2n) is 6.58. The molecule has 0 bridgehead atoms. The average Bonchev–Trinajstić information content (AvgIpc) is 3.00. The van der Waals surface area contributed by atoms with Crippen LogP contribution in [0.2, 0.25) is 0 Å². The standard InChI is InChI=1S/C18H29FN4O/c1-4-22-11-7-8-15(22)14-23(13-12-21(2)3)18(24)20-17-10-6-5-9-16(17)19/h5-6,9-10,15H,4,7-8,11-14H2,1-3H3,(H,20,24). The first-order valence-corrected chi connectivity index (χ1v) is 8.70. The summed E-state index contributed by atoms with van der Waals surface area (Å²) in [5.74, 6) is -0.408. The Bertz CT molecular complexity index is 538. The summed E-state index contributed by atoms with van der Waals surface area (Å²) in [6.45, 7) is 6.34. The Morgan fingerprint density at radius 1 is 1.33 bits per heavy atom. The molecule has 1 atom stereocenters. The minimum Gasteiger partial charge on any atom is -0.322 e. The highest BCUT2D eigenvalue weighted by molar-refractivity contribution is 5.89. The van der Waals surface area contributed by atoms with Crippen molar-refractivity contribution in [3.05, 3.63) is 30.1 Å². The van der Waals surface area contributed by atoms with Gasteiger partial charge in [0.2, 0.25) is 0 Å². The lowest BCUT2D eigenvalue weighted by Gasteiger charge is -2.31. The molecule has 2 rings (SSSR count). The van der Waals surface area contributed by atoms with Crippen LogP contribution in [0.1, 0.15) is 19.8 Å². The molecule has 0 radical (unpaired) electrons. The van der Waals surface area contributed by atoms with Crippen molar-refractivity contribution in [1.29, 1.82) is 0 Å². The van der Waals surface area contributed by atoms with E-state index in [4.69, 9.17) is 0 Å². The number of hydrogen-bond donors (Lipinski definition) is 1. The molecule has 6 heteroatoms. The molecule has 1 aromatic carbocycles. The van der Waals surface area contributed by atoms with Gasteiger partial charge in [-0.2, -0.15) is 0 Å². The number of carbonyl (C=O) groups is 1. The molecule has 2 amide bonds. The number of para-hydroxylation sites is 1. The van der Waals surface area contributed by atoms with Crippen LogP contribution in [0.15, 0.2) is 24.3 Å². The van der Waals surface area contributed by atoms with Gasteiger partial charge >= 0.3 is 6.03 Å². The fourth-order valence-corrected chi connectivity index (χ4v) is 3.13. The van der Waals surface area contributed by atoms with Gasteiger partial charge in [0.25, 0.3) is 0 Å². The zero-order valence-electron chi connectivity index (χ0n) is 15.0. The number of amides is 2. The molecule has 1 aliphatic rings. The number of benzene rings is 1. The Morgan fingerprint density at radius 2 is 2.08 bits per heavy atom. The van der Waals surface area contributed by atoms with E-state index in [1.165, 1.54) is 12.5 Å². The normalized spacial score (nSPS) is 18.1. The fourth-order valence-electron chi connectivity index (χ4n) is 3.13. The molecule has 24 heavy (non-hydrogen) atoms. The van der Waals surface area contributed by atoms with Crippen LogP contribution in [0.5, 0.6) is 0 Å². The summed E-state index contributed by atoms with van der Waals surface area (Å²) in [6, 6.07) is 6.44. The Balaban J connectivity index is 2.04. The van der Waals surface area contributed by atoms with Crippen LogP contribution < -0.4 is 5.32 Å². The third-order valence-corrected chi connectivity index (χ3v) is 4.56. The van der Waals surface area contributed by atoms with Crippen LogP contribution in [-0.4, -0.2) is 73.6 Å². The van der Waals surface area contributed by atoms with Crippen molar-refractivity contribution in [2.45, 2.75) is 25.8 Å². The molecule has 1 heterocycles. The van der Waals surface area contributed by atoms with E-state index in [1.54, 1.807) is 18.2 Å². The fraction of sp³-hybridized carbons (Fsp3) is 0.611. The molecule has 0 saturated carbocycles. The molecule has 1 aromatic rings. The van der Waals surface area contributed by atoms with Crippen LogP contribution in [-0.2, 0) is 0 Å². The van der Waals surface area contributed by atoms with E-state index in [2.05, 4.69) is 22.0 Å². The van der Waals surface area contributed by atoms with Crippen LogP contribution in [0, 0.1) is 5.82 Å². The number of carbonyl (C=O) groups excluding carboxylic acids is 1. The van der Waals surface area contributed by atoms with E-state index in [1.807, 2.05) is 19.0 Å². The van der Waals surface area contributed by atoms with Gasteiger partial charge in [0.05, 0.1) is 5.69 Å². The van der Waals surface area contributed by atoms with Gasteiger partial charge in [0, 0.05) is 25.7 Å². The molecule has 1 fully saturated rings. The lowest BCUT2D eigenvalue weighted by atomic mass is 10.2. The largest absolute Gasteiger partial charge is 0.322 e. The van der Waals surface area contributed by atoms with Crippen molar-refractivity contribution in [3.8, 4) is 0 Å². The number of likely N-dealkylation sites (N-methyl/N-ethyl adjacent to an activating group) is 2. The molecule has 1 aliphatic heterocycles. The Kier molecular flexibility index (Phi) is 6.99. The van der Waals surface area contributed by atoms with Crippen molar-refractivity contribution in [3.63, 3.8) is 0 Å². The van der Waals surface area contributed by atoms with Crippen molar-refractivity contribution in [2.24, 2.45) is 0 Å². The van der Waals surface area contributed by atoms with E-state index in [-0.39, 0.29) is 11.7 Å². The lowest BCUT2D eigenvalue weighted by Crippen LogP contribution is -2.46. The smallest absolute Gasteiger partial charge is 0.322 e. The van der Waals surface area contributed by atoms with Crippen LogP contribution in [0.25, 0.3) is 0 Å². The molecule has 1 saturated heterocycles. The first-order valence-electron chi connectivity index (χ1n) is 8.70. The minimum absolute atomic E-state index is 0.232. The maximum atomic E-state index is 13.8. The van der Waals surface area contributed by atoms with E-state index < -0.39 is 5.82 Å². The highest BCUT2D eigenvalue weighted by Gasteiger charge is 2.27. The molecule has 0 aromatic heterocycles. The Morgan fingerprint density at radius 3 is 2.75 bits per heavy atom. The summed E-state index contributed by atoms with van der Waals surface area (Å²) in [5.41, 5.74) is 0.233. The van der Waals surface area contributed by atoms with Crippen molar-refractivity contribution in [2.75, 3.05) is 52.1 Å². The average molecular weight is 336 g/mol. The van der Waals surface area contributed by atoms with Crippen molar-refractivity contribution < 1.29 is 9.18 Å². The van der Waals surface area contributed by atoms with Gasteiger partial charge in [-0.05, 0) is 52.2 Å². The maximum absolute atomic E-state index is 13.8. The number of anilines is 1. The Labute approximate surface area is 144 Å². The van der Waals surface area contributed by atoms with Crippen molar-refractivity contribution in [1.82, 2.24) is 14.7 Å². The van der Waals surface area contributed by atoms with Gasteiger partial charge in [-0.15, -0.1) is 0 Å².